The maximum absolute atomic E-state index is 14.0. The monoisotopic (exact) mass is 836 g/mol. The molecule has 5 aromatic rings. The molecule has 0 saturated carbocycles. The van der Waals surface area contributed by atoms with Gasteiger partial charge >= 0.3 is 12.2 Å². The molecule has 2 aliphatic heterocycles. The fraction of sp³-hybridized carbons (Fsp3) is 0.467. The summed E-state index contributed by atoms with van der Waals surface area (Å²) in [5.41, 5.74) is 6.43. The zero-order valence-corrected chi connectivity index (χ0v) is 36.0. The number of rotatable bonds is 14. The minimum Gasteiger partial charge on any atom is -0.488 e. The summed E-state index contributed by atoms with van der Waals surface area (Å²) >= 11 is 0. The second kappa shape index (κ2) is 18.2. The van der Waals surface area contributed by atoms with Crippen LogP contribution in [0.15, 0.2) is 48.7 Å². The smallest absolute Gasteiger partial charge is 0.407 e. The summed E-state index contributed by atoms with van der Waals surface area (Å²) in [5, 5.41) is 10.3. The first-order valence-electron chi connectivity index (χ1n) is 20.9. The van der Waals surface area contributed by atoms with Crippen molar-refractivity contribution in [2.24, 2.45) is 11.8 Å². The molecule has 2 aromatic heterocycles. The highest BCUT2D eigenvalue weighted by atomic mass is 16.5. The molecule has 324 valence electrons. The number of aromatic nitrogens is 4. The first-order chi connectivity index (χ1) is 29.3. The Morgan fingerprint density at radius 2 is 1.69 bits per heavy atom. The first-order valence-corrected chi connectivity index (χ1v) is 20.9. The molecule has 0 radical (unpaired) electrons. The minimum atomic E-state index is -0.931. The average molecular weight is 837 g/mol. The number of carbonyl (C=O) groups is 4. The highest BCUT2D eigenvalue weighted by molar-refractivity contribution is 6.07. The van der Waals surface area contributed by atoms with Gasteiger partial charge in [0.25, 0.3) is 0 Å². The fourth-order valence-corrected chi connectivity index (χ4v) is 8.39. The molecule has 0 bridgehead atoms. The van der Waals surface area contributed by atoms with Crippen molar-refractivity contribution in [1.29, 1.82) is 0 Å². The van der Waals surface area contributed by atoms with E-state index in [1.807, 2.05) is 26.0 Å². The third-order valence-corrected chi connectivity index (χ3v) is 11.8. The number of benzene rings is 3. The zero-order chi connectivity index (χ0) is 43.5. The Hall–Kier alpha value is -6.16. The van der Waals surface area contributed by atoms with Crippen molar-refractivity contribution in [2.45, 2.75) is 97.2 Å². The number of nitrogens with zero attached hydrogens (tertiary/aromatic N) is 3. The quantitative estimate of drug-likeness (QED) is 0.0771. The van der Waals surface area contributed by atoms with E-state index >= 15 is 0 Å². The Morgan fingerprint density at radius 3 is 2.39 bits per heavy atom. The predicted octanol–water partition coefficient (Wildman–Crippen LogP) is 7.06. The van der Waals surface area contributed by atoms with Crippen LogP contribution in [0.5, 0.6) is 5.75 Å². The highest BCUT2D eigenvalue weighted by Gasteiger charge is 2.41. The van der Waals surface area contributed by atoms with Crippen LogP contribution in [0, 0.1) is 11.8 Å². The van der Waals surface area contributed by atoms with Crippen LogP contribution in [-0.4, -0.2) is 94.9 Å². The van der Waals surface area contributed by atoms with Gasteiger partial charge in [-0.05, 0) is 77.9 Å². The van der Waals surface area contributed by atoms with Gasteiger partial charge in [-0.15, -0.1) is 0 Å². The van der Waals surface area contributed by atoms with Gasteiger partial charge < -0.3 is 49.8 Å². The lowest BCUT2D eigenvalue weighted by molar-refractivity contribution is -0.137. The second-order valence-electron chi connectivity index (χ2n) is 16.5. The summed E-state index contributed by atoms with van der Waals surface area (Å²) < 4.78 is 21.4. The number of H-pyrrole nitrogens is 2. The van der Waals surface area contributed by atoms with E-state index in [4.69, 9.17) is 28.9 Å². The molecule has 1 fully saturated rings. The number of amides is 4. The molecule has 16 nitrogen and oxygen atoms in total. The summed E-state index contributed by atoms with van der Waals surface area (Å²) in [7, 11) is 4.04. The number of ether oxygens (including phenoxy) is 4. The lowest BCUT2D eigenvalue weighted by Crippen LogP contribution is -2.54. The summed E-state index contributed by atoms with van der Waals surface area (Å²) in [6.07, 6.45) is 3.04. The molecular weight excluding hydrogens is 781 g/mol. The van der Waals surface area contributed by atoms with Crippen LogP contribution in [0.2, 0.25) is 0 Å². The Balaban J connectivity index is 1.13. The zero-order valence-electron chi connectivity index (χ0n) is 36.0. The molecule has 4 heterocycles. The van der Waals surface area contributed by atoms with Crippen molar-refractivity contribution < 1.29 is 38.1 Å². The molecule has 2 aliphatic rings. The van der Waals surface area contributed by atoms with Crippen LogP contribution in [0.1, 0.15) is 89.6 Å². The van der Waals surface area contributed by atoms with Crippen molar-refractivity contribution in [3.8, 4) is 28.1 Å². The van der Waals surface area contributed by atoms with E-state index in [-0.39, 0.29) is 35.7 Å². The van der Waals surface area contributed by atoms with E-state index in [0.29, 0.717) is 37.6 Å². The number of likely N-dealkylation sites (tertiary alicyclic amines) is 1. The summed E-state index contributed by atoms with van der Waals surface area (Å²) in [4.78, 5) is 70.0. The number of hydrogen-bond donors (Lipinski definition) is 5. The van der Waals surface area contributed by atoms with Gasteiger partial charge in [-0.2, -0.15) is 0 Å². The van der Waals surface area contributed by atoms with Crippen LogP contribution in [-0.2, 0) is 30.4 Å². The minimum absolute atomic E-state index is 0.155. The van der Waals surface area contributed by atoms with Gasteiger partial charge in [0.2, 0.25) is 11.8 Å². The van der Waals surface area contributed by atoms with Gasteiger partial charge in [0, 0.05) is 24.6 Å². The molecule has 0 aliphatic carbocycles. The number of imidazole rings is 2. The summed E-state index contributed by atoms with van der Waals surface area (Å²) in [5.74, 6) is 1.56. The summed E-state index contributed by atoms with van der Waals surface area (Å²) in [6.45, 7) is 10.5. The Bertz CT molecular complexity index is 2430. The number of aromatic amines is 2. The van der Waals surface area contributed by atoms with Crippen LogP contribution < -0.4 is 20.7 Å². The predicted molar refractivity (Wildman–Crippen MR) is 230 cm³/mol. The van der Waals surface area contributed by atoms with E-state index in [1.54, 1.807) is 18.0 Å². The van der Waals surface area contributed by atoms with Crippen molar-refractivity contribution in [2.75, 3.05) is 27.9 Å². The molecule has 7 rings (SSSR count). The van der Waals surface area contributed by atoms with E-state index in [0.717, 1.165) is 68.3 Å². The number of carbonyl (C=O) groups excluding carboxylic acids is 4. The Labute approximate surface area is 354 Å². The standard InChI is InChI=1S/C45H56N8O8/c1-9-10-11-33(49-42(54)37(23(2)3)51-44(56)59-7)40-46-20-34(48-40)27-12-14-29-28(17-27)22-61-36-19-30-26(18-31(29)36)13-15-32-39(30)50-41(47-32)35-16-24(4)21-53(35)43(55)38(25(5)58-6)52-45(57)60-8/h12-15,17-20,23-25,33,35,37-38H,9-11,16,21-22H2,1-8H3,(H,46,48)(H,47,50)(H,49,54)(H,51,56)(H,52,57)/t24-,25?,33-,35-,37-,38-/m0/s1. The molecule has 1 unspecified atom stereocenters. The lowest BCUT2D eigenvalue weighted by atomic mass is 9.92. The molecule has 3 aromatic carbocycles. The van der Waals surface area contributed by atoms with Gasteiger partial charge in [-0.3, -0.25) is 9.59 Å². The number of hydrogen-bond acceptors (Lipinski definition) is 10. The third kappa shape index (κ3) is 8.85. The number of methoxy groups -OCH3 is 3. The van der Waals surface area contributed by atoms with Gasteiger partial charge in [-0.1, -0.05) is 58.7 Å². The van der Waals surface area contributed by atoms with Crippen molar-refractivity contribution in [3.05, 3.63) is 65.9 Å². The Morgan fingerprint density at radius 1 is 0.934 bits per heavy atom. The van der Waals surface area contributed by atoms with Gasteiger partial charge in [-0.25, -0.2) is 19.6 Å². The van der Waals surface area contributed by atoms with Gasteiger partial charge in [0.1, 0.15) is 36.1 Å². The first kappa shape index (κ1) is 42.9. The molecule has 5 N–H and O–H groups in total. The van der Waals surface area contributed by atoms with Crippen LogP contribution in [0.25, 0.3) is 44.2 Å². The fourth-order valence-electron chi connectivity index (χ4n) is 8.39. The Kier molecular flexibility index (Phi) is 12.8. The number of alkyl carbamates (subject to hydrolysis) is 2. The molecule has 6 atom stereocenters. The highest BCUT2D eigenvalue weighted by Crippen LogP contribution is 2.43. The van der Waals surface area contributed by atoms with Crippen LogP contribution in [0.3, 0.4) is 0 Å². The SMILES string of the molecule is CCCC[C@H](NC(=O)[C@@H](NC(=O)OC)C(C)C)c1ncc(-c2ccc3c(c2)COc2cc4c(ccc5[nH]c([C@@H]6C[C@H](C)CN6C(=O)[C@@H](NC(=O)OC)C(C)OC)nc54)cc2-3)[nH]1. The molecule has 0 spiro atoms. The van der Waals surface area contributed by atoms with Crippen LogP contribution >= 0.6 is 0 Å². The van der Waals surface area contributed by atoms with Crippen molar-refractivity contribution in [3.63, 3.8) is 0 Å². The topological polar surface area (TPSA) is 202 Å². The molecule has 1 saturated heterocycles. The molecule has 4 amide bonds. The normalized spacial score (nSPS) is 17.8. The third-order valence-electron chi connectivity index (χ3n) is 11.8. The van der Waals surface area contributed by atoms with Gasteiger partial charge in [0.05, 0.1) is 55.3 Å². The van der Waals surface area contributed by atoms with Crippen LogP contribution in [0.4, 0.5) is 9.59 Å². The number of fused-ring (bicyclic) bond motifs is 6. The van der Waals surface area contributed by atoms with E-state index in [1.165, 1.54) is 21.3 Å². The van der Waals surface area contributed by atoms with Crippen molar-refractivity contribution in [1.82, 2.24) is 40.8 Å². The summed E-state index contributed by atoms with van der Waals surface area (Å²) in [6, 6.07) is 12.1. The maximum atomic E-state index is 14.0. The van der Waals surface area contributed by atoms with E-state index < -0.39 is 30.4 Å². The largest absolute Gasteiger partial charge is 0.488 e. The van der Waals surface area contributed by atoms with Crippen molar-refractivity contribution >= 4 is 45.8 Å². The average Bonchev–Trinajstić information content (AvgIpc) is 4.03. The van der Waals surface area contributed by atoms with E-state index in [2.05, 4.69) is 70.1 Å². The molecular formula is C45H56N8O8. The lowest BCUT2D eigenvalue weighted by Gasteiger charge is -2.30. The molecule has 16 heteroatoms. The number of unbranched alkanes of at least 4 members (excludes halogenated alkanes) is 1. The van der Waals surface area contributed by atoms with Gasteiger partial charge in [0.15, 0.2) is 0 Å². The number of nitrogens with one attached hydrogen (secondary N) is 5. The maximum Gasteiger partial charge on any atom is 0.407 e. The molecule has 61 heavy (non-hydrogen) atoms. The van der Waals surface area contributed by atoms with E-state index in [9.17, 15) is 19.2 Å². The second-order valence-corrected chi connectivity index (χ2v) is 16.5.